The second kappa shape index (κ2) is 8.60. The summed E-state index contributed by atoms with van der Waals surface area (Å²) in [4.78, 5) is 17.3. The molecule has 1 fully saturated rings. The maximum Gasteiger partial charge on any atom is 0.314 e. The monoisotopic (exact) mass is 459 g/mol. The molecule has 0 spiro atoms. The summed E-state index contributed by atoms with van der Waals surface area (Å²) in [6.07, 6.45) is 3.66. The zero-order valence-corrected chi connectivity index (χ0v) is 18.1. The van der Waals surface area contributed by atoms with Gasteiger partial charge in [-0.15, -0.1) is 0 Å². The van der Waals surface area contributed by atoms with Crippen LogP contribution in [0.2, 0.25) is 5.02 Å². The van der Waals surface area contributed by atoms with E-state index in [2.05, 4.69) is 9.93 Å². The molecule has 0 radical (unpaired) electrons. The molecule has 3 N–H and O–H groups in total. The number of halogens is 1. The molecule has 10 heteroatoms. The van der Waals surface area contributed by atoms with Gasteiger partial charge in [-0.3, -0.25) is 0 Å². The van der Waals surface area contributed by atoms with Crippen LogP contribution in [0.4, 0.5) is 4.79 Å². The van der Waals surface area contributed by atoms with E-state index in [9.17, 15) is 13.2 Å². The van der Waals surface area contributed by atoms with Gasteiger partial charge in [0.15, 0.2) is 0 Å². The highest BCUT2D eigenvalue weighted by Gasteiger charge is 2.33. The molecule has 8 nitrogen and oxygen atoms in total. The lowest BCUT2D eigenvalue weighted by Gasteiger charge is -2.38. The van der Waals surface area contributed by atoms with Crippen molar-refractivity contribution in [2.75, 3.05) is 17.9 Å². The highest BCUT2D eigenvalue weighted by molar-refractivity contribution is 7.92. The fourth-order valence-electron chi connectivity index (χ4n) is 4.04. The molecule has 1 aliphatic rings. The van der Waals surface area contributed by atoms with Crippen LogP contribution < -0.4 is 10.6 Å². The van der Waals surface area contributed by atoms with Gasteiger partial charge in [0.25, 0.3) is 10.0 Å². The Bertz CT molecular complexity index is 1170. The van der Waals surface area contributed by atoms with E-state index in [1.54, 1.807) is 35.2 Å². The fraction of sp³-hybridized carbons (Fsp3) is 0.238. The molecule has 31 heavy (non-hydrogen) atoms. The first-order valence-electron chi connectivity index (χ1n) is 9.75. The van der Waals surface area contributed by atoms with Gasteiger partial charge in [-0.2, -0.15) is 18.3 Å². The summed E-state index contributed by atoms with van der Waals surface area (Å²) in [5.74, 6) is -0.217. The minimum absolute atomic E-state index is 0.00153. The first kappa shape index (κ1) is 21.2. The smallest absolute Gasteiger partial charge is 0.314 e. The van der Waals surface area contributed by atoms with Crippen molar-refractivity contribution in [3.63, 3.8) is 0 Å². The first-order chi connectivity index (χ1) is 14.8. The topological polar surface area (TPSA) is 110 Å². The summed E-state index contributed by atoms with van der Waals surface area (Å²) in [6.45, 7) is 0.807. The van der Waals surface area contributed by atoms with Gasteiger partial charge in [-0.05, 0) is 41.8 Å². The molecule has 1 saturated heterocycles. The molecule has 0 bridgehead atoms. The van der Waals surface area contributed by atoms with Crippen LogP contribution in [0.3, 0.4) is 0 Å². The summed E-state index contributed by atoms with van der Waals surface area (Å²) in [5.41, 5.74) is 7.26. The summed E-state index contributed by atoms with van der Waals surface area (Å²) in [6, 6.07) is 15.4. The molecule has 2 unspecified atom stereocenters. The predicted molar refractivity (Wildman–Crippen MR) is 118 cm³/mol. The SMILES string of the molecule is NC(=O)N1CC(c2ccc(Cl)cc2)CC(c2ccccc2S(=O)(=O)Nn2cccn2)C1. The van der Waals surface area contributed by atoms with Gasteiger partial charge in [-0.1, -0.05) is 41.9 Å². The Kier molecular flexibility index (Phi) is 5.88. The number of nitrogens with one attached hydrogen (secondary N) is 1. The Morgan fingerprint density at radius 1 is 1.06 bits per heavy atom. The van der Waals surface area contributed by atoms with E-state index < -0.39 is 16.1 Å². The lowest BCUT2D eigenvalue weighted by molar-refractivity contribution is 0.179. The molecule has 162 valence electrons. The Labute approximate surface area is 185 Å². The number of nitrogens with two attached hydrogens (primary N) is 1. The van der Waals surface area contributed by atoms with Crippen molar-refractivity contribution in [2.24, 2.45) is 5.73 Å². The zero-order valence-electron chi connectivity index (χ0n) is 16.6. The molecule has 0 aliphatic carbocycles. The Morgan fingerprint density at radius 3 is 2.45 bits per heavy atom. The number of carbonyl (C=O) groups is 1. The van der Waals surface area contributed by atoms with Crippen molar-refractivity contribution >= 4 is 27.7 Å². The number of amides is 2. The van der Waals surface area contributed by atoms with Crippen LogP contribution in [0.25, 0.3) is 0 Å². The van der Waals surface area contributed by atoms with Crippen molar-refractivity contribution in [1.82, 2.24) is 14.8 Å². The lowest BCUT2D eigenvalue weighted by atomic mass is 9.81. The third-order valence-corrected chi connectivity index (χ3v) is 7.10. The summed E-state index contributed by atoms with van der Waals surface area (Å²) < 4.78 is 26.2. The van der Waals surface area contributed by atoms with Crippen molar-refractivity contribution in [3.05, 3.63) is 83.1 Å². The number of benzene rings is 2. The molecule has 0 saturated carbocycles. The van der Waals surface area contributed by atoms with Crippen LogP contribution in [0.1, 0.15) is 29.4 Å². The van der Waals surface area contributed by atoms with E-state index in [0.717, 1.165) is 10.4 Å². The number of hydrogen-bond acceptors (Lipinski definition) is 4. The van der Waals surface area contributed by atoms with Crippen LogP contribution in [0.15, 0.2) is 71.9 Å². The zero-order chi connectivity index (χ0) is 22.0. The Hall–Kier alpha value is -3.04. The minimum Gasteiger partial charge on any atom is -0.351 e. The van der Waals surface area contributed by atoms with E-state index in [1.807, 2.05) is 24.3 Å². The van der Waals surface area contributed by atoms with E-state index in [-0.39, 0.29) is 16.7 Å². The van der Waals surface area contributed by atoms with Crippen LogP contribution in [-0.2, 0) is 10.0 Å². The molecule has 2 heterocycles. The summed E-state index contributed by atoms with van der Waals surface area (Å²) in [7, 11) is -3.89. The van der Waals surface area contributed by atoms with Gasteiger partial charge >= 0.3 is 6.03 Å². The van der Waals surface area contributed by atoms with Gasteiger partial charge in [0.1, 0.15) is 0 Å². The van der Waals surface area contributed by atoms with Crippen LogP contribution in [-0.4, -0.2) is 42.3 Å². The third-order valence-electron chi connectivity index (χ3n) is 5.47. The van der Waals surface area contributed by atoms with Crippen molar-refractivity contribution in [3.8, 4) is 0 Å². The number of aromatic nitrogens is 2. The number of piperidine rings is 1. The third kappa shape index (κ3) is 4.67. The van der Waals surface area contributed by atoms with Gasteiger partial charge in [0, 0.05) is 36.1 Å². The van der Waals surface area contributed by atoms with E-state index in [0.29, 0.717) is 30.1 Å². The number of rotatable bonds is 5. The van der Waals surface area contributed by atoms with E-state index >= 15 is 0 Å². The quantitative estimate of drug-likeness (QED) is 0.610. The van der Waals surface area contributed by atoms with Gasteiger partial charge < -0.3 is 10.6 Å². The van der Waals surface area contributed by atoms with Crippen LogP contribution in [0, 0.1) is 0 Å². The van der Waals surface area contributed by atoms with Crippen molar-refractivity contribution in [1.29, 1.82) is 0 Å². The number of nitrogens with zero attached hydrogens (tertiary/aromatic N) is 3. The summed E-state index contributed by atoms with van der Waals surface area (Å²) in [5, 5.41) is 4.54. The van der Waals surface area contributed by atoms with Crippen LogP contribution >= 0.6 is 11.6 Å². The highest BCUT2D eigenvalue weighted by atomic mass is 35.5. The number of hydrogen-bond donors (Lipinski definition) is 2. The number of sulfonamides is 1. The first-order valence-corrected chi connectivity index (χ1v) is 11.6. The molecule has 2 amide bonds. The highest BCUT2D eigenvalue weighted by Crippen LogP contribution is 2.38. The van der Waals surface area contributed by atoms with Gasteiger partial charge in [0.2, 0.25) is 0 Å². The second-order valence-corrected chi connectivity index (χ2v) is 9.57. The predicted octanol–water partition coefficient (Wildman–Crippen LogP) is 3.12. The van der Waals surface area contributed by atoms with Crippen molar-refractivity contribution in [2.45, 2.75) is 23.2 Å². The minimum atomic E-state index is -3.89. The number of primary amides is 1. The molecule has 1 aromatic heterocycles. The van der Waals surface area contributed by atoms with Crippen LogP contribution in [0.5, 0.6) is 0 Å². The van der Waals surface area contributed by atoms with E-state index in [1.165, 1.54) is 12.4 Å². The van der Waals surface area contributed by atoms with E-state index in [4.69, 9.17) is 17.3 Å². The molecular formula is C21H22ClN5O3S. The molecular weight excluding hydrogens is 438 g/mol. The fourth-order valence-corrected chi connectivity index (χ4v) is 5.42. The molecule has 2 aromatic carbocycles. The van der Waals surface area contributed by atoms with Gasteiger partial charge in [0.05, 0.1) is 11.1 Å². The molecule has 1 aliphatic heterocycles. The van der Waals surface area contributed by atoms with Gasteiger partial charge in [-0.25, -0.2) is 9.63 Å². The number of urea groups is 1. The summed E-state index contributed by atoms with van der Waals surface area (Å²) >= 11 is 6.02. The molecule has 3 aromatic rings. The average Bonchev–Trinajstić information content (AvgIpc) is 3.26. The Balaban J connectivity index is 1.69. The maximum absolute atomic E-state index is 13.1. The standard InChI is InChI=1S/C21H22ClN5O3S/c22-18-8-6-15(7-9-18)16-12-17(14-26(13-16)21(23)28)19-4-1-2-5-20(19)31(29,30)25-27-11-3-10-24-27/h1-11,16-17,25H,12-14H2,(H2,23,28). The van der Waals surface area contributed by atoms with Crippen molar-refractivity contribution < 1.29 is 13.2 Å². The normalized spacial score (nSPS) is 19.2. The maximum atomic E-state index is 13.1. The number of carbonyl (C=O) groups excluding carboxylic acids is 1. The number of likely N-dealkylation sites (tertiary alicyclic amines) is 1. The molecule has 2 atom stereocenters. The second-order valence-electron chi connectivity index (χ2n) is 7.51. The Morgan fingerprint density at radius 2 is 1.77 bits per heavy atom. The average molecular weight is 460 g/mol. The lowest BCUT2D eigenvalue weighted by Crippen LogP contribution is -2.45. The molecule has 4 rings (SSSR count). The largest absolute Gasteiger partial charge is 0.351 e.